The summed E-state index contributed by atoms with van der Waals surface area (Å²) in [6.45, 7) is 5.09. The summed E-state index contributed by atoms with van der Waals surface area (Å²) in [4.78, 5) is 8.09. The molecule has 2 aromatic heterocycles. The monoisotopic (exact) mass is 240 g/mol. The van der Waals surface area contributed by atoms with Crippen molar-refractivity contribution in [2.75, 3.05) is 6.61 Å². The number of hydrogen-bond acceptors (Lipinski definition) is 4. The van der Waals surface area contributed by atoms with Crippen molar-refractivity contribution < 1.29 is 4.74 Å². The summed E-state index contributed by atoms with van der Waals surface area (Å²) in [6, 6.07) is 0. The van der Waals surface area contributed by atoms with Gasteiger partial charge in [-0.2, -0.15) is 5.10 Å². The second-order valence-electron chi connectivity index (χ2n) is 3.50. The molecule has 0 aliphatic heterocycles. The van der Waals surface area contributed by atoms with Gasteiger partial charge >= 0.3 is 0 Å². The Balaban J connectivity index is 2.32. The van der Waals surface area contributed by atoms with Gasteiger partial charge < -0.3 is 4.74 Å². The van der Waals surface area contributed by atoms with E-state index in [9.17, 15) is 0 Å². The highest BCUT2D eigenvalue weighted by molar-refractivity contribution is 6.28. The first-order chi connectivity index (χ1) is 7.72. The van der Waals surface area contributed by atoms with Crippen molar-refractivity contribution in [1.82, 2.24) is 19.7 Å². The topological polar surface area (TPSA) is 52.8 Å². The number of rotatable bonds is 4. The maximum atomic E-state index is 5.74. The van der Waals surface area contributed by atoms with E-state index in [4.69, 9.17) is 16.3 Å². The second kappa shape index (κ2) is 4.76. The molecular formula is C10H13ClN4O. The SMILES string of the molecule is CCCOCn1nc(C)c2nc(Cl)ncc21. The molecule has 2 heterocycles. The molecule has 6 heteroatoms. The van der Waals surface area contributed by atoms with E-state index in [1.54, 1.807) is 10.9 Å². The Morgan fingerprint density at radius 2 is 2.31 bits per heavy atom. The van der Waals surface area contributed by atoms with Gasteiger partial charge in [-0.05, 0) is 24.9 Å². The van der Waals surface area contributed by atoms with Crippen LogP contribution in [0, 0.1) is 6.92 Å². The lowest BCUT2D eigenvalue weighted by atomic mass is 10.4. The van der Waals surface area contributed by atoms with Crippen LogP contribution in [-0.4, -0.2) is 26.4 Å². The van der Waals surface area contributed by atoms with Gasteiger partial charge in [0, 0.05) is 6.61 Å². The predicted molar refractivity (Wildman–Crippen MR) is 61.3 cm³/mol. The Kier molecular flexibility index (Phi) is 3.36. The molecule has 0 radical (unpaired) electrons. The average molecular weight is 241 g/mol. The molecule has 0 spiro atoms. The molecule has 2 aromatic rings. The normalized spacial score (nSPS) is 11.2. The molecule has 5 nitrogen and oxygen atoms in total. The van der Waals surface area contributed by atoms with Gasteiger partial charge in [-0.15, -0.1) is 0 Å². The number of aryl methyl sites for hydroxylation is 1. The van der Waals surface area contributed by atoms with E-state index >= 15 is 0 Å². The van der Waals surface area contributed by atoms with Crippen molar-refractivity contribution >= 4 is 22.6 Å². The molecular weight excluding hydrogens is 228 g/mol. The van der Waals surface area contributed by atoms with Crippen LogP contribution in [-0.2, 0) is 11.5 Å². The fourth-order valence-corrected chi connectivity index (χ4v) is 1.62. The van der Waals surface area contributed by atoms with Gasteiger partial charge in [-0.3, -0.25) is 0 Å². The fraction of sp³-hybridized carbons (Fsp3) is 0.500. The maximum Gasteiger partial charge on any atom is 0.223 e. The van der Waals surface area contributed by atoms with Crippen LogP contribution in [0.1, 0.15) is 19.0 Å². The zero-order chi connectivity index (χ0) is 11.5. The minimum atomic E-state index is 0.240. The molecule has 0 aliphatic carbocycles. The minimum absolute atomic E-state index is 0.240. The van der Waals surface area contributed by atoms with E-state index < -0.39 is 0 Å². The summed E-state index contributed by atoms with van der Waals surface area (Å²) in [5, 5.41) is 4.57. The summed E-state index contributed by atoms with van der Waals surface area (Å²) in [7, 11) is 0. The molecule has 0 saturated carbocycles. The van der Waals surface area contributed by atoms with Crippen molar-refractivity contribution in [2.45, 2.75) is 27.0 Å². The first-order valence-electron chi connectivity index (χ1n) is 5.15. The van der Waals surface area contributed by atoms with E-state index in [0.29, 0.717) is 6.73 Å². The van der Waals surface area contributed by atoms with E-state index in [2.05, 4.69) is 22.0 Å². The summed E-state index contributed by atoms with van der Waals surface area (Å²) in [6.07, 6.45) is 2.65. The smallest absolute Gasteiger partial charge is 0.223 e. The Morgan fingerprint density at radius 3 is 3.06 bits per heavy atom. The van der Waals surface area contributed by atoms with Gasteiger partial charge in [0.2, 0.25) is 5.28 Å². The van der Waals surface area contributed by atoms with Crippen molar-refractivity contribution in [3.05, 3.63) is 17.2 Å². The van der Waals surface area contributed by atoms with Gasteiger partial charge in [0.05, 0.1) is 11.9 Å². The maximum absolute atomic E-state index is 5.74. The minimum Gasteiger partial charge on any atom is -0.359 e. The van der Waals surface area contributed by atoms with Gasteiger partial charge in [-0.1, -0.05) is 6.92 Å². The number of fused-ring (bicyclic) bond motifs is 1. The van der Waals surface area contributed by atoms with Crippen molar-refractivity contribution in [1.29, 1.82) is 0 Å². The third-order valence-electron chi connectivity index (χ3n) is 2.19. The second-order valence-corrected chi connectivity index (χ2v) is 3.83. The highest BCUT2D eigenvalue weighted by atomic mass is 35.5. The summed E-state index contributed by atoms with van der Waals surface area (Å²) in [5.74, 6) is 0. The zero-order valence-electron chi connectivity index (χ0n) is 9.27. The molecule has 0 aliphatic rings. The van der Waals surface area contributed by atoms with E-state index in [-0.39, 0.29) is 5.28 Å². The van der Waals surface area contributed by atoms with E-state index in [0.717, 1.165) is 29.8 Å². The zero-order valence-corrected chi connectivity index (χ0v) is 10.0. The molecule has 0 amide bonds. The fourth-order valence-electron chi connectivity index (χ4n) is 1.49. The lowest BCUT2D eigenvalue weighted by Crippen LogP contribution is -2.05. The van der Waals surface area contributed by atoms with E-state index in [1.165, 1.54) is 0 Å². The number of hydrogen-bond donors (Lipinski definition) is 0. The molecule has 0 unspecified atom stereocenters. The molecule has 0 saturated heterocycles. The Labute approximate surface area is 98.4 Å². The first-order valence-corrected chi connectivity index (χ1v) is 5.53. The van der Waals surface area contributed by atoms with Gasteiger partial charge in [0.25, 0.3) is 0 Å². The number of ether oxygens (including phenoxy) is 1. The van der Waals surface area contributed by atoms with Crippen LogP contribution in [0.4, 0.5) is 0 Å². The van der Waals surface area contributed by atoms with Crippen LogP contribution in [0.5, 0.6) is 0 Å². The summed E-state index contributed by atoms with van der Waals surface area (Å²) < 4.78 is 7.18. The molecule has 0 fully saturated rings. The van der Waals surface area contributed by atoms with Crippen LogP contribution in [0.25, 0.3) is 11.0 Å². The number of halogens is 1. The lowest BCUT2D eigenvalue weighted by molar-refractivity contribution is 0.0721. The Morgan fingerprint density at radius 1 is 1.50 bits per heavy atom. The van der Waals surface area contributed by atoms with Gasteiger partial charge in [0.1, 0.15) is 17.8 Å². The third-order valence-corrected chi connectivity index (χ3v) is 2.38. The Bertz CT molecular complexity index is 497. The highest BCUT2D eigenvalue weighted by Gasteiger charge is 2.09. The molecule has 0 bridgehead atoms. The molecule has 0 aromatic carbocycles. The Hall–Kier alpha value is -1.20. The lowest BCUT2D eigenvalue weighted by Gasteiger charge is -2.03. The number of aromatic nitrogens is 4. The quantitative estimate of drug-likeness (QED) is 0.607. The van der Waals surface area contributed by atoms with Crippen molar-refractivity contribution in [3.63, 3.8) is 0 Å². The van der Waals surface area contributed by atoms with Crippen molar-refractivity contribution in [3.8, 4) is 0 Å². The largest absolute Gasteiger partial charge is 0.359 e. The highest BCUT2D eigenvalue weighted by Crippen LogP contribution is 2.16. The van der Waals surface area contributed by atoms with Crippen LogP contribution >= 0.6 is 11.6 Å². The van der Waals surface area contributed by atoms with Crippen molar-refractivity contribution in [2.24, 2.45) is 0 Å². The standard InChI is InChI=1S/C10H13ClN4O/c1-3-4-16-6-15-8-5-12-10(11)13-9(8)7(2)14-15/h5H,3-4,6H2,1-2H3. The first kappa shape index (κ1) is 11.3. The molecule has 2 rings (SSSR count). The number of nitrogens with zero attached hydrogens (tertiary/aromatic N) is 4. The van der Waals surface area contributed by atoms with E-state index in [1.807, 2.05) is 6.92 Å². The van der Waals surface area contributed by atoms with Gasteiger partial charge in [-0.25, -0.2) is 14.6 Å². The van der Waals surface area contributed by atoms with Gasteiger partial charge in [0.15, 0.2) is 0 Å². The van der Waals surface area contributed by atoms with Crippen LogP contribution in [0.3, 0.4) is 0 Å². The van der Waals surface area contributed by atoms with Crippen LogP contribution < -0.4 is 0 Å². The van der Waals surface area contributed by atoms with Crippen LogP contribution in [0.2, 0.25) is 5.28 Å². The summed E-state index contributed by atoms with van der Waals surface area (Å²) in [5.41, 5.74) is 2.46. The molecule has 0 N–H and O–H groups in total. The molecule has 16 heavy (non-hydrogen) atoms. The predicted octanol–water partition coefficient (Wildman–Crippen LogP) is 2.17. The molecule has 86 valence electrons. The third kappa shape index (κ3) is 2.15. The summed E-state index contributed by atoms with van der Waals surface area (Å²) >= 11 is 5.74. The average Bonchev–Trinajstić information content (AvgIpc) is 2.56. The van der Waals surface area contributed by atoms with Crippen LogP contribution in [0.15, 0.2) is 6.20 Å². The molecule has 0 atom stereocenters.